The van der Waals surface area contributed by atoms with Crippen molar-refractivity contribution in [3.05, 3.63) is 0 Å². The Morgan fingerprint density at radius 3 is 2.30 bits per heavy atom. The van der Waals surface area contributed by atoms with Crippen LogP contribution in [0.25, 0.3) is 0 Å². The number of alkyl halides is 1. The largest absolute Gasteiger partial charge is 0.379 e. The van der Waals surface area contributed by atoms with Crippen LogP contribution in [0.1, 0.15) is 13.8 Å². The molecule has 0 bridgehead atoms. The van der Waals surface area contributed by atoms with E-state index in [1.807, 2.05) is 0 Å². The van der Waals surface area contributed by atoms with Crippen molar-refractivity contribution in [2.45, 2.75) is 20.0 Å². The normalized spacial score (nSPS) is 14.1. The Morgan fingerprint density at radius 2 is 2.00 bits per heavy atom. The summed E-state index contributed by atoms with van der Waals surface area (Å²) in [6.07, 6.45) is 0.166. The standard InChI is InChI=1S/C7H15ClO2/c1-6(2)7(9-3)4-10-5-8/h6-7H,4-5H2,1-3H3. The van der Waals surface area contributed by atoms with Crippen molar-refractivity contribution in [3.8, 4) is 0 Å². The summed E-state index contributed by atoms with van der Waals surface area (Å²) in [6.45, 7) is 4.76. The lowest BCUT2D eigenvalue weighted by molar-refractivity contribution is -0.00355. The van der Waals surface area contributed by atoms with Crippen molar-refractivity contribution < 1.29 is 9.47 Å². The smallest absolute Gasteiger partial charge is 0.120 e. The van der Waals surface area contributed by atoms with E-state index in [9.17, 15) is 0 Å². The van der Waals surface area contributed by atoms with Gasteiger partial charge in [0.1, 0.15) is 6.07 Å². The maximum absolute atomic E-state index is 5.33. The van der Waals surface area contributed by atoms with Gasteiger partial charge in [0, 0.05) is 7.11 Å². The second-order valence-electron chi connectivity index (χ2n) is 2.50. The van der Waals surface area contributed by atoms with E-state index in [2.05, 4.69) is 13.8 Å². The second kappa shape index (κ2) is 5.96. The number of ether oxygens (including phenoxy) is 2. The maximum atomic E-state index is 5.33. The molecule has 0 aliphatic carbocycles. The average molecular weight is 167 g/mol. The van der Waals surface area contributed by atoms with E-state index in [0.29, 0.717) is 12.5 Å². The molecule has 2 nitrogen and oxygen atoms in total. The molecule has 0 fully saturated rings. The summed E-state index contributed by atoms with van der Waals surface area (Å²) >= 11 is 5.33. The van der Waals surface area contributed by atoms with Crippen LogP contribution < -0.4 is 0 Å². The maximum Gasteiger partial charge on any atom is 0.120 e. The van der Waals surface area contributed by atoms with Gasteiger partial charge in [0.15, 0.2) is 0 Å². The molecule has 62 valence electrons. The minimum atomic E-state index is 0.166. The first kappa shape index (κ1) is 10.2. The lowest BCUT2D eigenvalue weighted by atomic mass is 10.1. The van der Waals surface area contributed by atoms with Crippen molar-refractivity contribution in [1.82, 2.24) is 0 Å². The van der Waals surface area contributed by atoms with Gasteiger partial charge in [0.2, 0.25) is 0 Å². The zero-order valence-corrected chi connectivity index (χ0v) is 7.52. The van der Waals surface area contributed by atoms with Gasteiger partial charge in [-0.05, 0) is 5.92 Å². The highest BCUT2D eigenvalue weighted by molar-refractivity contribution is 6.17. The topological polar surface area (TPSA) is 18.5 Å². The van der Waals surface area contributed by atoms with E-state index in [4.69, 9.17) is 21.1 Å². The fourth-order valence-corrected chi connectivity index (χ4v) is 0.782. The van der Waals surface area contributed by atoms with E-state index in [0.717, 1.165) is 0 Å². The zero-order valence-electron chi connectivity index (χ0n) is 6.76. The van der Waals surface area contributed by atoms with Gasteiger partial charge in [-0.3, -0.25) is 0 Å². The van der Waals surface area contributed by atoms with Gasteiger partial charge in [0.05, 0.1) is 12.7 Å². The molecule has 0 aliphatic rings. The number of methoxy groups -OCH3 is 1. The third kappa shape index (κ3) is 4.09. The average Bonchev–Trinajstić information content (AvgIpc) is 1.89. The number of hydrogen-bond donors (Lipinski definition) is 0. The van der Waals surface area contributed by atoms with Gasteiger partial charge >= 0.3 is 0 Å². The quantitative estimate of drug-likeness (QED) is 0.581. The van der Waals surface area contributed by atoms with Crippen LogP contribution in [-0.2, 0) is 9.47 Å². The molecular formula is C7H15ClO2. The number of rotatable bonds is 5. The van der Waals surface area contributed by atoms with Crippen LogP contribution in [-0.4, -0.2) is 25.9 Å². The van der Waals surface area contributed by atoms with Crippen molar-refractivity contribution in [3.63, 3.8) is 0 Å². The van der Waals surface area contributed by atoms with Gasteiger partial charge in [-0.15, -0.1) is 0 Å². The third-order valence-corrected chi connectivity index (χ3v) is 1.56. The molecule has 0 rings (SSSR count). The minimum Gasteiger partial charge on any atom is -0.379 e. The molecule has 1 unspecified atom stereocenters. The molecule has 0 aromatic rings. The predicted molar refractivity (Wildman–Crippen MR) is 42.3 cm³/mol. The zero-order chi connectivity index (χ0) is 7.98. The summed E-state index contributed by atoms with van der Waals surface area (Å²) in [5, 5.41) is 0. The fraction of sp³-hybridized carbons (Fsp3) is 1.00. The van der Waals surface area contributed by atoms with Crippen LogP contribution in [0.4, 0.5) is 0 Å². The van der Waals surface area contributed by atoms with Gasteiger partial charge < -0.3 is 9.47 Å². The molecule has 0 aromatic heterocycles. The van der Waals surface area contributed by atoms with Crippen LogP contribution in [0, 0.1) is 5.92 Å². The van der Waals surface area contributed by atoms with Crippen molar-refractivity contribution in [2.24, 2.45) is 5.92 Å². The Labute approximate surface area is 67.5 Å². The van der Waals surface area contributed by atoms with Crippen molar-refractivity contribution in [2.75, 3.05) is 19.8 Å². The Balaban J connectivity index is 3.40. The summed E-state index contributed by atoms with van der Waals surface area (Å²) in [7, 11) is 1.68. The van der Waals surface area contributed by atoms with Gasteiger partial charge in [-0.1, -0.05) is 25.4 Å². The van der Waals surface area contributed by atoms with E-state index in [-0.39, 0.29) is 12.2 Å². The highest BCUT2D eigenvalue weighted by Gasteiger charge is 2.11. The molecule has 0 heterocycles. The van der Waals surface area contributed by atoms with E-state index < -0.39 is 0 Å². The van der Waals surface area contributed by atoms with Crippen LogP contribution in [0.5, 0.6) is 0 Å². The number of halogens is 1. The van der Waals surface area contributed by atoms with Crippen molar-refractivity contribution >= 4 is 11.6 Å². The molecule has 0 N–H and O–H groups in total. The van der Waals surface area contributed by atoms with E-state index >= 15 is 0 Å². The molecule has 0 spiro atoms. The molecule has 0 aromatic carbocycles. The second-order valence-corrected chi connectivity index (χ2v) is 2.72. The summed E-state index contributed by atoms with van der Waals surface area (Å²) in [4.78, 5) is 0. The van der Waals surface area contributed by atoms with Crippen LogP contribution in [0.15, 0.2) is 0 Å². The molecule has 10 heavy (non-hydrogen) atoms. The monoisotopic (exact) mass is 166 g/mol. The molecule has 3 heteroatoms. The SMILES string of the molecule is COC(COCCl)C(C)C. The van der Waals surface area contributed by atoms with Crippen LogP contribution in [0.3, 0.4) is 0 Å². The summed E-state index contributed by atoms with van der Waals surface area (Å²) in [6, 6.07) is 0.243. The predicted octanol–water partition coefficient (Wildman–Crippen LogP) is 1.87. The fourth-order valence-electron chi connectivity index (χ4n) is 0.693. The Kier molecular flexibility index (Phi) is 6.08. The first-order valence-electron chi connectivity index (χ1n) is 3.38. The van der Waals surface area contributed by atoms with E-state index in [1.54, 1.807) is 7.11 Å². The lowest BCUT2D eigenvalue weighted by Gasteiger charge is -2.17. The Hall–Kier alpha value is 0.210. The first-order valence-corrected chi connectivity index (χ1v) is 3.92. The number of hydrogen-bond acceptors (Lipinski definition) is 2. The molecular weight excluding hydrogens is 152 g/mol. The molecule has 0 amide bonds. The van der Waals surface area contributed by atoms with Crippen LogP contribution in [0.2, 0.25) is 0 Å². The Bertz CT molecular complexity index is 76.0. The summed E-state index contributed by atoms with van der Waals surface area (Å²) < 4.78 is 10.1. The third-order valence-electron chi connectivity index (χ3n) is 1.41. The molecule has 1 atom stereocenters. The first-order chi connectivity index (χ1) is 4.72. The summed E-state index contributed by atoms with van der Waals surface area (Å²) in [5.74, 6) is 0.480. The molecule has 0 saturated carbocycles. The molecule has 0 saturated heterocycles. The van der Waals surface area contributed by atoms with Gasteiger partial charge in [-0.2, -0.15) is 0 Å². The van der Waals surface area contributed by atoms with Gasteiger partial charge in [0.25, 0.3) is 0 Å². The van der Waals surface area contributed by atoms with E-state index in [1.165, 1.54) is 0 Å². The lowest BCUT2D eigenvalue weighted by Crippen LogP contribution is -2.23. The van der Waals surface area contributed by atoms with Crippen molar-refractivity contribution in [1.29, 1.82) is 0 Å². The highest BCUT2D eigenvalue weighted by Crippen LogP contribution is 2.05. The van der Waals surface area contributed by atoms with Gasteiger partial charge in [-0.25, -0.2) is 0 Å². The Morgan fingerprint density at radius 1 is 1.40 bits per heavy atom. The molecule has 0 aliphatic heterocycles. The minimum absolute atomic E-state index is 0.166. The molecule has 0 radical (unpaired) electrons. The van der Waals surface area contributed by atoms with Crippen LogP contribution >= 0.6 is 11.6 Å². The highest BCUT2D eigenvalue weighted by atomic mass is 35.5. The summed E-state index contributed by atoms with van der Waals surface area (Å²) in [5.41, 5.74) is 0.